The highest BCUT2D eigenvalue weighted by Gasteiger charge is 2.26. The highest BCUT2D eigenvalue weighted by Crippen LogP contribution is 2.34. The number of aromatic hydroxyl groups is 2. The lowest BCUT2D eigenvalue weighted by Gasteiger charge is -2.26. The largest absolute Gasteiger partial charge is 0.508 e. The molecule has 3 rings (SSSR count). The van der Waals surface area contributed by atoms with Gasteiger partial charge in [0.1, 0.15) is 11.5 Å². The van der Waals surface area contributed by atoms with E-state index in [1.54, 1.807) is 12.1 Å². The standard InChI is InChI=1S/C20H24N2O5/c21-18(25)11-16(13-5-4-6-14(23)9-13)20-19(26)17(24)10-15(27-20)12-22-7-2-1-3-8-22/h4-6,9-10,16,23,26H,1-3,7-8,11-12H2,(H2,21,25)/t16-/m0/s1. The molecule has 144 valence electrons. The predicted molar refractivity (Wildman–Crippen MR) is 99.5 cm³/mol. The molecule has 1 aliphatic rings. The van der Waals surface area contributed by atoms with E-state index >= 15 is 0 Å². The zero-order chi connectivity index (χ0) is 19.4. The van der Waals surface area contributed by atoms with Crippen molar-refractivity contribution in [2.45, 2.75) is 38.1 Å². The number of carbonyl (C=O) groups excluding carboxylic acids is 1. The van der Waals surface area contributed by atoms with Crippen LogP contribution in [0.2, 0.25) is 0 Å². The van der Waals surface area contributed by atoms with E-state index in [4.69, 9.17) is 10.2 Å². The second-order valence-corrected chi connectivity index (χ2v) is 6.94. The van der Waals surface area contributed by atoms with Crippen molar-refractivity contribution in [3.63, 3.8) is 0 Å². The van der Waals surface area contributed by atoms with Crippen molar-refractivity contribution in [3.8, 4) is 11.5 Å². The van der Waals surface area contributed by atoms with Gasteiger partial charge in [-0.15, -0.1) is 0 Å². The van der Waals surface area contributed by atoms with Gasteiger partial charge < -0.3 is 20.4 Å². The van der Waals surface area contributed by atoms with Crippen molar-refractivity contribution in [2.24, 2.45) is 5.73 Å². The fourth-order valence-electron chi connectivity index (χ4n) is 3.51. The van der Waals surface area contributed by atoms with Crippen molar-refractivity contribution in [1.29, 1.82) is 0 Å². The Labute approximate surface area is 157 Å². The van der Waals surface area contributed by atoms with Crippen LogP contribution in [0.15, 0.2) is 39.5 Å². The summed E-state index contributed by atoms with van der Waals surface area (Å²) in [6, 6.07) is 7.55. The molecule has 0 aliphatic carbocycles. The first-order chi connectivity index (χ1) is 12.9. The molecule has 2 heterocycles. The van der Waals surface area contributed by atoms with E-state index in [0.29, 0.717) is 17.9 Å². The van der Waals surface area contributed by atoms with E-state index in [9.17, 15) is 19.8 Å². The molecule has 7 nitrogen and oxygen atoms in total. The van der Waals surface area contributed by atoms with Crippen molar-refractivity contribution in [3.05, 3.63) is 57.6 Å². The first kappa shape index (κ1) is 19.0. The average molecular weight is 372 g/mol. The molecule has 1 aliphatic heterocycles. The van der Waals surface area contributed by atoms with Crippen molar-refractivity contribution >= 4 is 5.91 Å². The first-order valence-corrected chi connectivity index (χ1v) is 9.09. The summed E-state index contributed by atoms with van der Waals surface area (Å²) in [4.78, 5) is 26.1. The third kappa shape index (κ3) is 4.68. The molecule has 1 saturated heterocycles. The predicted octanol–water partition coefficient (Wildman–Crippen LogP) is 2.04. The van der Waals surface area contributed by atoms with E-state index in [1.807, 2.05) is 0 Å². The van der Waals surface area contributed by atoms with Gasteiger partial charge in [-0.2, -0.15) is 0 Å². The number of amides is 1. The summed E-state index contributed by atoms with van der Waals surface area (Å²) < 4.78 is 5.87. The molecule has 27 heavy (non-hydrogen) atoms. The number of nitrogens with zero attached hydrogens (tertiary/aromatic N) is 1. The lowest BCUT2D eigenvalue weighted by Crippen LogP contribution is -2.29. The van der Waals surface area contributed by atoms with Gasteiger partial charge >= 0.3 is 0 Å². The van der Waals surface area contributed by atoms with Gasteiger partial charge in [0.25, 0.3) is 0 Å². The fraction of sp³-hybridized carbons (Fsp3) is 0.400. The van der Waals surface area contributed by atoms with Crippen LogP contribution in [-0.2, 0) is 11.3 Å². The van der Waals surface area contributed by atoms with E-state index < -0.39 is 23.0 Å². The molecule has 7 heteroatoms. The molecule has 2 aromatic rings. The first-order valence-electron chi connectivity index (χ1n) is 9.09. The summed E-state index contributed by atoms with van der Waals surface area (Å²) in [5.74, 6) is -1.46. The SMILES string of the molecule is NC(=O)C[C@@H](c1cccc(O)c1)c1oc(CN2CCCCC2)cc(=O)c1O. The molecule has 0 spiro atoms. The highest BCUT2D eigenvalue weighted by molar-refractivity contribution is 5.75. The Morgan fingerprint density at radius 1 is 1.19 bits per heavy atom. The van der Waals surface area contributed by atoms with Gasteiger partial charge in [-0.1, -0.05) is 18.6 Å². The van der Waals surface area contributed by atoms with Gasteiger partial charge in [0, 0.05) is 12.5 Å². The summed E-state index contributed by atoms with van der Waals surface area (Å²) >= 11 is 0. The Morgan fingerprint density at radius 3 is 2.59 bits per heavy atom. The number of piperidine rings is 1. The fourth-order valence-corrected chi connectivity index (χ4v) is 3.51. The summed E-state index contributed by atoms with van der Waals surface area (Å²) in [5.41, 5.74) is 5.34. The van der Waals surface area contributed by atoms with Crippen molar-refractivity contribution in [2.75, 3.05) is 13.1 Å². The molecule has 0 radical (unpaired) electrons. The minimum atomic E-state index is -0.761. The molecule has 0 bridgehead atoms. The molecule has 0 unspecified atom stereocenters. The van der Waals surface area contributed by atoms with E-state index in [2.05, 4.69) is 4.90 Å². The Kier molecular flexibility index (Phi) is 5.81. The molecule has 1 amide bonds. The quantitative estimate of drug-likeness (QED) is 0.714. The van der Waals surface area contributed by atoms with Gasteiger partial charge in [-0.3, -0.25) is 14.5 Å². The normalized spacial score (nSPS) is 16.1. The van der Waals surface area contributed by atoms with E-state index in [-0.39, 0.29) is 17.9 Å². The van der Waals surface area contributed by atoms with Crippen LogP contribution in [0.1, 0.15) is 48.7 Å². The second-order valence-electron chi connectivity index (χ2n) is 6.94. The highest BCUT2D eigenvalue weighted by atomic mass is 16.4. The van der Waals surface area contributed by atoms with Crippen LogP contribution < -0.4 is 11.2 Å². The van der Waals surface area contributed by atoms with Crippen molar-refractivity contribution in [1.82, 2.24) is 4.90 Å². The van der Waals surface area contributed by atoms with Crippen LogP contribution in [0.25, 0.3) is 0 Å². The lowest BCUT2D eigenvalue weighted by atomic mass is 9.91. The van der Waals surface area contributed by atoms with Crippen molar-refractivity contribution < 1.29 is 19.4 Å². The number of phenols is 1. The Balaban J connectivity index is 1.99. The Morgan fingerprint density at radius 2 is 1.93 bits per heavy atom. The summed E-state index contributed by atoms with van der Waals surface area (Å²) in [7, 11) is 0. The number of rotatable bonds is 6. The monoisotopic (exact) mass is 372 g/mol. The molecular weight excluding hydrogens is 348 g/mol. The number of hydrogen-bond donors (Lipinski definition) is 3. The van der Waals surface area contributed by atoms with Gasteiger partial charge in [-0.25, -0.2) is 0 Å². The van der Waals surface area contributed by atoms with Gasteiger partial charge in [0.05, 0.1) is 12.5 Å². The van der Waals surface area contributed by atoms with Gasteiger partial charge in [-0.05, 0) is 43.6 Å². The summed E-state index contributed by atoms with van der Waals surface area (Å²) in [5, 5.41) is 20.1. The number of nitrogens with two attached hydrogens (primary N) is 1. The Bertz CT molecular complexity index is 871. The maximum absolute atomic E-state index is 12.3. The van der Waals surface area contributed by atoms with Crippen LogP contribution >= 0.6 is 0 Å². The number of benzene rings is 1. The summed E-state index contributed by atoms with van der Waals surface area (Å²) in [6.07, 6.45) is 3.23. The van der Waals surface area contributed by atoms with Crippen LogP contribution in [0.3, 0.4) is 0 Å². The van der Waals surface area contributed by atoms with Crippen LogP contribution in [0, 0.1) is 0 Å². The number of likely N-dealkylation sites (tertiary alicyclic amines) is 1. The number of phenolic OH excluding ortho intramolecular Hbond substituents is 1. The zero-order valence-electron chi connectivity index (χ0n) is 15.1. The smallest absolute Gasteiger partial charge is 0.227 e. The molecule has 0 saturated carbocycles. The average Bonchev–Trinajstić information content (AvgIpc) is 2.63. The maximum atomic E-state index is 12.3. The molecular formula is C20H24N2O5. The number of hydrogen-bond acceptors (Lipinski definition) is 6. The number of primary amides is 1. The minimum absolute atomic E-state index is 0.00101. The molecule has 1 atom stereocenters. The van der Waals surface area contributed by atoms with Gasteiger partial charge in [0.2, 0.25) is 17.1 Å². The molecule has 4 N–H and O–H groups in total. The lowest BCUT2D eigenvalue weighted by molar-refractivity contribution is -0.118. The van der Waals surface area contributed by atoms with Crippen LogP contribution in [0.4, 0.5) is 0 Å². The molecule has 1 aromatic carbocycles. The topological polar surface area (TPSA) is 117 Å². The molecule has 1 aromatic heterocycles. The zero-order valence-corrected chi connectivity index (χ0v) is 15.1. The minimum Gasteiger partial charge on any atom is -0.508 e. The van der Waals surface area contributed by atoms with Gasteiger partial charge in [0.15, 0.2) is 5.76 Å². The third-order valence-electron chi connectivity index (χ3n) is 4.82. The van der Waals surface area contributed by atoms with Crippen LogP contribution in [0.5, 0.6) is 11.5 Å². The van der Waals surface area contributed by atoms with E-state index in [1.165, 1.54) is 24.6 Å². The third-order valence-corrected chi connectivity index (χ3v) is 4.82. The van der Waals surface area contributed by atoms with E-state index in [0.717, 1.165) is 25.9 Å². The van der Waals surface area contributed by atoms with Crippen LogP contribution in [-0.4, -0.2) is 34.1 Å². The maximum Gasteiger partial charge on any atom is 0.227 e. The molecule has 1 fully saturated rings. The second kappa shape index (κ2) is 8.26. The summed E-state index contributed by atoms with van der Waals surface area (Å²) in [6.45, 7) is 2.32. The Hall–Kier alpha value is -2.80. The number of carbonyl (C=O) groups is 1.